The van der Waals surface area contributed by atoms with Gasteiger partial charge in [-0.25, -0.2) is 4.79 Å². The molecule has 1 saturated heterocycles. The highest BCUT2D eigenvalue weighted by Crippen LogP contribution is 2.19. The Morgan fingerprint density at radius 2 is 1.70 bits per heavy atom. The van der Waals surface area contributed by atoms with Crippen molar-refractivity contribution in [3.63, 3.8) is 0 Å². The average Bonchev–Trinajstić information content (AvgIpc) is 3.54. The van der Waals surface area contributed by atoms with E-state index in [1.807, 2.05) is 43.0 Å². The number of para-hydroxylation sites is 2. The van der Waals surface area contributed by atoms with Gasteiger partial charge in [0.25, 0.3) is 0 Å². The standard InChI is InChI=1S/C22H31N5O3/c1-3-26-18-6-4-5-7-19(18)27(22(26)30)11-10-20(28)25-14-12-24(13-15-25)16(2)21(29)23-17-8-9-17/h4-7,16-17H,3,8-15H2,1-2H3,(H,23,29). The van der Waals surface area contributed by atoms with Crippen molar-refractivity contribution in [3.8, 4) is 0 Å². The minimum absolute atomic E-state index is 0.0602. The summed E-state index contributed by atoms with van der Waals surface area (Å²) < 4.78 is 3.45. The number of hydrogen-bond acceptors (Lipinski definition) is 4. The quantitative estimate of drug-likeness (QED) is 0.735. The first kappa shape index (κ1) is 20.7. The summed E-state index contributed by atoms with van der Waals surface area (Å²) in [5.41, 5.74) is 1.72. The van der Waals surface area contributed by atoms with Crippen LogP contribution in [-0.4, -0.2) is 69.0 Å². The summed E-state index contributed by atoms with van der Waals surface area (Å²) in [6.07, 6.45) is 2.47. The van der Waals surface area contributed by atoms with E-state index in [9.17, 15) is 14.4 Å². The number of fused-ring (bicyclic) bond motifs is 1. The van der Waals surface area contributed by atoms with E-state index in [2.05, 4.69) is 10.2 Å². The normalized spacial score (nSPS) is 18.5. The van der Waals surface area contributed by atoms with Gasteiger partial charge in [0.05, 0.1) is 17.1 Å². The van der Waals surface area contributed by atoms with E-state index in [1.54, 1.807) is 9.13 Å². The number of amides is 2. The lowest BCUT2D eigenvalue weighted by atomic mass is 10.2. The van der Waals surface area contributed by atoms with Crippen molar-refractivity contribution in [1.82, 2.24) is 24.3 Å². The highest BCUT2D eigenvalue weighted by atomic mass is 16.2. The zero-order valence-electron chi connectivity index (χ0n) is 17.8. The van der Waals surface area contributed by atoms with Crippen molar-refractivity contribution in [2.24, 2.45) is 0 Å². The van der Waals surface area contributed by atoms with Gasteiger partial charge in [0.1, 0.15) is 0 Å². The molecule has 8 nitrogen and oxygen atoms in total. The highest BCUT2D eigenvalue weighted by molar-refractivity contribution is 5.82. The molecular weight excluding hydrogens is 382 g/mol. The SMILES string of the molecule is CCn1c(=O)n(CCC(=O)N2CCN(C(C)C(=O)NC3CC3)CC2)c2ccccc21. The van der Waals surface area contributed by atoms with Crippen LogP contribution in [0.25, 0.3) is 11.0 Å². The van der Waals surface area contributed by atoms with Gasteiger partial charge in [0.15, 0.2) is 0 Å². The van der Waals surface area contributed by atoms with Crippen LogP contribution < -0.4 is 11.0 Å². The molecular formula is C22H31N5O3. The molecule has 1 atom stereocenters. The van der Waals surface area contributed by atoms with Crippen molar-refractivity contribution in [1.29, 1.82) is 0 Å². The average molecular weight is 414 g/mol. The number of benzene rings is 1. The van der Waals surface area contributed by atoms with Crippen LogP contribution in [0.5, 0.6) is 0 Å². The van der Waals surface area contributed by atoms with Gasteiger partial charge >= 0.3 is 5.69 Å². The van der Waals surface area contributed by atoms with Gasteiger partial charge in [-0.15, -0.1) is 0 Å². The Morgan fingerprint density at radius 1 is 1.07 bits per heavy atom. The van der Waals surface area contributed by atoms with Crippen LogP contribution in [-0.2, 0) is 22.7 Å². The van der Waals surface area contributed by atoms with Gasteiger partial charge in [0.2, 0.25) is 11.8 Å². The predicted molar refractivity (Wildman–Crippen MR) is 115 cm³/mol. The first-order valence-corrected chi connectivity index (χ1v) is 11.0. The summed E-state index contributed by atoms with van der Waals surface area (Å²) in [7, 11) is 0. The largest absolute Gasteiger partial charge is 0.352 e. The maximum atomic E-state index is 12.8. The van der Waals surface area contributed by atoms with E-state index in [0.717, 1.165) is 23.9 Å². The van der Waals surface area contributed by atoms with Gasteiger partial charge in [-0.3, -0.25) is 23.6 Å². The topological polar surface area (TPSA) is 79.6 Å². The van der Waals surface area contributed by atoms with E-state index in [0.29, 0.717) is 51.7 Å². The number of aryl methyl sites for hydroxylation is 2. The summed E-state index contributed by atoms with van der Waals surface area (Å²) in [6, 6.07) is 7.92. The molecule has 2 heterocycles. The number of imidazole rings is 1. The van der Waals surface area contributed by atoms with Crippen LogP contribution in [0, 0.1) is 0 Å². The van der Waals surface area contributed by atoms with Gasteiger partial charge < -0.3 is 10.2 Å². The summed E-state index contributed by atoms with van der Waals surface area (Å²) in [5.74, 6) is 0.147. The Balaban J connectivity index is 1.32. The van der Waals surface area contributed by atoms with Crippen molar-refractivity contribution < 1.29 is 9.59 Å². The Morgan fingerprint density at radius 3 is 2.30 bits per heavy atom. The number of carbonyl (C=O) groups excluding carboxylic acids is 2. The van der Waals surface area contributed by atoms with Crippen LogP contribution in [0.1, 0.15) is 33.1 Å². The summed E-state index contributed by atoms with van der Waals surface area (Å²) in [5, 5.41) is 3.05. The lowest BCUT2D eigenvalue weighted by Gasteiger charge is -2.37. The Hall–Kier alpha value is -2.61. The molecule has 8 heteroatoms. The predicted octanol–water partition coefficient (Wildman–Crippen LogP) is 1.02. The molecule has 2 fully saturated rings. The van der Waals surface area contributed by atoms with E-state index >= 15 is 0 Å². The lowest BCUT2D eigenvalue weighted by Crippen LogP contribution is -2.55. The third-order valence-corrected chi connectivity index (χ3v) is 6.31. The molecule has 1 saturated carbocycles. The molecule has 2 aliphatic rings. The van der Waals surface area contributed by atoms with Crippen molar-refractivity contribution in [3.05, 3.63) is 34.7 Å². The third kappa shape index (κ3) is 4.14. The minimum atomic E-state index is -0.165. The molecule has 2 amide bonds. The molecule has 0 spiro atoms. The van der Waals surface area contributed by atoms with Crippen LogP contribution >= 0.6 is 0 Å². The Bertz CT molecular complexity index is 982. The number of carbonyl (C=O) groups is 2. The zero-order chi connectivity index (χ0) is 21.3. The number of nitrogens with zero attached hydrogens (tertiary/aromatic N) is 4. The number of piperazine rings is 1. The van der Waals surface area contributed by atoms with Crippen molar-refractivity contribution in [2.75, 3.05) is 26.2 Å². The Labute approximate surface area is 176 Å². The summed E-state index contributed by atoms with van der Waals surface area (Å²) >= 11 is 0. The molecule has 1 N–H and O–H groups in total. The highest BCUT2D eigenvalue weighted by Gasteiger charge is 2.30. The first-order valence-electron chi connectivity index (χ1n) is 11.0. The lowest BCUT2D eigenvalue weighted by molar-refractivity contribution is -0.134. The van der Waals surface area contributed by atoms with Gasteiger partial charge in [-0.1, -0.05) is 12.1 Å². The second-order valence-corrected chi connectivity index (χ2v) is 8.29. The van der Waals surface area contributed by atoms with Crippen LogP contribution in [0.4, 0.5) is 0 Å². The Kier molecular flexibility index (Phi) is 5.94. The third-order valence-electron chi connectivity index (χ3n) is 6.31. The monoisotopic (exact) mass is 413 g/mol. The van der Waals surface area contributed by atoms with Crippen molar-refractivity contribution in [2.45, 2.75) is 58.3 Å². The second-order valence-electron chi connectivity index (χ2n) is 8.29. The first-order chi connectivity index (χ1) is 14.5. The number of hydrogen-bond donors (Lipinski definition) is 1. The van der Waals surface area contributed by atoms with Gasteiger partial charge in [0, 0.05) is 51.7 Å². The fourth-order valence-corrected chi connectivity index (χ4v) is 4.23. The molecule has 1 aromatic heterocycles. The minimum Gasteiger partial charge on any atom is -0.352 e. The molecule has 30 heavy (non-hydrogen) atoms. The summed E-state index contributed by atoms with van der Waals surface area (Å²) in [6.45, 7) is 7.50. The molecule has 0 bridgehead atoms. The second kappa shape index (κ2) is 8.63. The van der Waals surface area contributed by atoms with Gasteiger partial charge in [-0.05, 0) is 38.8 Å². The number of rotatable bonds is 7. The van der Waals surface area contributed by atoms with Gasteiger partial charge in [-0.2, -0.15) is 0 Å². The summed E-state index contributed by atoms with van der Waals surface area (Å²) in [4.78, 5) is 41.8. The number of aromatic nitrogens is 2. The van der Waals surface area contributed by atoms with Crippen LogP contribution in [0.3, 0.4) is 0 Å². The molecule has 4 rings (SSSR count). The fraction of sp³-hybridized carbons (Fsp3) is 0.591. The molecule has 0 radical (unpaired) electrons. The fourth-order valence-electron chi connectivity index (χ4n) is 4.23. The molecule has 1 aromatic carbocycles. The van der Waals surface area contributed by atoms with E-state index < -0.39 is 0 Å². The maximum Gasteiger partial charge on any atom is 0.329 e. The van der Waals surface area contributed by atoms with E-state index in [1.165, 1.54) is 0 Å². The molecule has 162 valence electrons. The van der Waals surface area contributed by atoms with Crippen LogP contribution in [0.15, 0.2) is 29.1 Å². The smallest absolute Gasteiger partial charge is 0.329 e. The van der Waals surface area contributed by atoms with E-state index in [-0.39, 0.29) is 23.5 Å². The molecule has 1 unspecified atom stereocenters. The molecule has 1 aliphatic carbocycles. The van der Waals surface area contributed by atoms with E-state index in [4.69, 9.17) is 0 Å². The van der Waals surface area contributed by atoms with Crippen molar-refractivity contribution >= 4 is 22.8 Å². The molecule has 2 aromatic rings. The zero-order valence-corrected chi connectivity index (χ0v) is 17.8. The van der Waals surface area contributed by atoms with Crippen LogP contribution in [0.2, 0.25) is 0 Å². The number of nitrogens with one attached hydrogen (secondary N) is 1. The maximum absolute atomic E-state index is 12.8. The molecule has 1 aliphatic heterocycles.